The highest BCUT2D eigenvalue weighted by molar-refractivity contribution is 7.80. The Hall–Kier alpha value is -2.29. The Balaban J connectivity index is 0.904. The molecule has 90 heavy (non-hydrogen) atoms. The maximum atomic E-state index is 14.8. The lowest BCUT2D eigenvalue weighted by molar-refractivity contribution is -0.399. The number of carbonyl (C=O) groups is 2. The Labute approximate surface area is 523 Å². The first-order chi connectivity index (χ1) is 42.2. The molecule has 4 aliphatic carbocycles. The number of rotatable bonds is 19. The molecule has 9 fully saturated rings. The zero-order chi connectivity index (χ0) is 65.7. The summed E-state index contributed by atoms with van der Waals surface area (Å²) in [7, 11) is -4.32. The van der Waals surface area contributed by atoms with E-state index in [1.807, 2.05) is 6.92 Å². The van der Waals surface area contributed by atoms with Crippen molar-refractivity contribution in [3.63, 3.8) is 0 Å². The van der Waals surface area contributed by atoms with E-state index in [0.717, 1.165) is 18.4 Å². The van der Waals surface area contributed by atoms with Crippen molar-refractivity contribution >= 4 is 22.3 Å². The van der Waals surface area contributed by atoms with Crippen LogP contribution in [0.4, 0.5) is 0 Å². The SMILES string of the molecule is CO[C@@H]1[C@@H](O)[C@H](O[C@@H]2[C@@H](O)[C@H](O[C@H]3[C@H](O)[C@@H](O[C@@H]4OC[C@@H](O)[C@H](O)[C@H]4O)[C@H](O[C@H]4[C@H](O[C@H]5CC[C@]6(C)[C@@H]7CC[C@]89C(=O)O[C@@](C)(CCCC(C)C)[C@H]8[C@@H](OC(C)=O)C[C@@]9(C)C7=CC[C@H]6C5(C)C)OC[C@@H](OS(=O)(=O)[O-])[C@@H]4O)O[C@@H]3C)OC[C@H]2O)O[C@H](CO)[C@H]1O. The third-order valence-electron chi connectivity index (χ3n) is 22.1. The highest BCUT2D eigenvalue weighted by atomic mass is 32.3. The van der Waals surface area contributed by atoms with Crippen LogP contribution in [0.1, 0.15) is 120 Å². The van der Waals surface area contributed by atoms with Crippen molar-refractivity contribution in [1.29, 1.82) is 0 Å². The summed E-state index contributed by atoms with van der Waals surface area (Å²) < 4.78 is 120. The van der Waals surface area contributed by atoms with Gasteiger partial charge in [-0.25, -0.2) is 8.42 Å². The Morgan fingerprint density at radius 3 is 1.99 bits per heavy atom. The van der Waals surface area contributed by atoms with Crippen LogP contribution in [0.15, 0.2) is 11.6 Å². The van der Waals surface area contributed by atoms with Crippen LogP contribution < -0.4 is 0 Å². The number of aliphatic hydroxyl groups excluding tert-OH is 10. The highest BCUT2D eigenvalue weighted by Gasteiger charge is 2.79. The van der Waals surface area contributed by atoms with Crippen LogP contribution in [0.5, 0.6) is 0 Å². The average molecular weight is 1310 g/mol. The largest absolute Gasteiger partial charge is 0.726 e. The van der Waals surface area contributed by atoms with Crippen LogP contribution >= 0.6 is 0 Å². The Kier molecular flexibility index (Phi) is 20.8. The third kappa shape index (κ3) is 12.6. The molecule has 6 heterocycles. The molecule has 6 saturated heterocycles. The third-order valence-corrected chi connectivity index (χ3v) is 22.6. The number of carbonyl (C=O) groups excluding carboxylic acids is 2. The molecule has 0 unspecified atom stereocenters. The maximum Gasteiger partial charge on any atom is 0.314 e. The number of hydrogen-bond acceptors (Lipinski definition) is 29. The van der Waals surface area contributed by atoms with E-state index < -0.39 is 212 Å². The second-order valence-electron chi connectivity index (χ2n) is 28.4. The molecule has 0 aromatic heterocycles. The summed E-state index contributed by atoms with van der Waals surface area (Å²) >= 11 is 0. The van der Waals surface area contributed by atoms with Gasteiger partial charge in [-0.05, 0) is 93.8 Å². The van der Waals surface area contributed by atoms with Crippen molar-refractivity contribution in [3.05, 3.63) is 11.6 Å². The monoisotopic (exact) mass is 1310 g/mol. The average Bonchev–Trinajstić information content (AvgIpc) is 1.45. The van der Waals surface area contributed by atoms with Gasteiger partial charge in [-0.2, -0.15) is 0 Å². The lowest BCUT2D eigenvalue weighted by Gasteiger charge is -2.64. The molecule has 1 spiro atoms. The fraction of sp³-hybridized carbons (Fsp3) is 0.933. The molecule has 10 N–H and O–H groups in total. The fourth-order valence-electron chi connectivity index (χ4n) is 17.7. The zero-order valence-electron chi connectivity index (χ0n) is 52.6. The summed E-state index contributed by atoms with van der Waals surface area (Å²) in [5.41, 5.74) is -2.39. The first kappa shape index (κ1) is 70.5. The van der Waals surface area contributed by atoms with Crippen molar-refractivity contribution in [3.8, 4) is 0 Å². The van der Waals surface area contributed by atoms with Crippen LogP contribution in [-0.2, 0) is 85.8 Å². The minimum absolute atomic E-state index is 0.00196. The first-order valence-electron chi connectivity index (χ1n) is 31.6. The summed E-state index contributed by atoms with van der Waals surface area (Å²) in [6, 6.07) is 0. The van der Waals surface area contributed by atoms with Gasteiger partial charge in [0.05, 0.1) is 50.0 Å². The summed E-state index contributed by atoms with van der Waals surface area (Å²) in [5, 5.41) is 111. The second-order valence-corrected chi connectivity index (χ2v) is 29.4. The topological polar surface area (TPSA) is 423 Å². The van der Waals surface area contributed by atoms with E-state index in [0.29, 0.717) is 50.9 Å². The van der Waals surface area contributed by atoms with E-state index in [4.69, 9.17) is 65.8 Å². The smallest absolute Gasteiger partial charge is 0.314 e. The number of hydrogen-bond donors (Lipinski definition) is 10. The minimum atomic E-state index is -5.51. The number of fused-ring (bicyclic) bond motifs is 4. The standard InChI is InChI=1S/C60H96O29S/c1-25(2)12-11-17-59(9)49-32(81-27(4)62)20-58(8)29-13-14-35-56(5,6)36(16-18-57(35,7)28(29)15-19-60(49,58)55(72)88-59)83-53-47(39(67)34(24-79-53)89-90(73,74)75)87-54-48(86-50-40(68)37(65)30(63)22-77-50)41(69)44(26(3)80-54)84-51-42(70)45(31(64)23-78-51)85-52-43(71)46(76-10)38(66)33(21-61)82-52/h13,25-26,28,30-54,61,63-71H,11-12,14-24H2,1-10H3,(H,73,74,75)/p-1/t26-,28-,30-,31-,32+,33-,34-,35+,36+,37+,38-,39+,40-,41+,42-,43-,44-,45+,46+,47-,48-,49-,50+,51+,52+,53+,54+,57-,58+,59+,60-/m1/s1. The molecule has 0 amide bonds. The van der Waals surface area contributed by atoms with Gasteiger partial charge < -0.3 is 117 Å². The summed E-state index contributed by atoms with van der Waals surface area (Å²) in [4.78, 5) is 27.6. The molecular weight excluding hydrogens is 1220 g/mol. The van der Waals surface area contributed by atoms with E-state index in [2.05, 4.69) is 47.6 Å². The van der Waals surface area contributed by atoms with Gasteiger partial charge in [-0.3, -0.25) is 13.8 Å². The summed E-state index contributed by atoms with van der Waals surface area (Å²) in [6.07, 6.45) is -31.2. The minimum Gasteiger partial charge on any atom is -0.726 e. The van der Waals surface area contributed by atoms with E-state index >= 15 is 0 Å². The van der Waals surface area contributed by atoms with Gasteiger partial charge in [-0.1, -0.05) is 59.6 Å². The van der Waals surface area contributed by atoms with Crippen LogP contribution in [-0.4, -0.2) is 263 Å². The van der Waals surface area contributed by atoms with Crippen LogP contribution in [0.25, 0.3) is 0 Å². The maximum absolute atomic E-state index is 14.8. The van der Waals surface area contributed by atoms with Crippen molar-refractivity contribution in [2.45, 2.75) is 273 Å². The van der Waals surface area contributed by atoms with Gasteiger partial charge >= 0.3 is 11.9 Å². The van der Waals surface area contributed by atoms with Crippen molar-refractivity contribution in [1.82, 2.24) is 0 Å². The number of allylic oxidation sites excluding steroid dienone is 2. The highest BCUT2D eigenvalue weighted by Crippen LogP contribution is 2.77. The lowest BCUT2D eigenvalue weighted by Crippen LogP contribution is -2.67. The first-order valence-corrected chi connectivity index (χ1v) is 32.9. The fourth-order valence-corrected chi connectivity index (χ4v) is 18.1. The summed E-state index contributed by atoms with van der Waals surface area (Å²) in [6.45, 7) is 15.1. The molecule has 10 aliphatic rings. The van der Waals surface area contributed by atoms with E-state index in [-0.39, 0.29) is 29.1 Å². The second kappa shape index (κ2) is 26.6. The Bertz CT molecular complexity index is 2670. The molecule has 3 saturated carbocycles. The zero-order valence-corrected chi connectivity index (χ0v) is 53.4. The molecule has 29 nitrogen and oxygen atoms in total. The predicted octanol–water partition coefficient (Wildman–Crippen LogP) is -1.18. The molecule has 31 atom stereocenters. The lowest BCUT2D eigenvalue weighted by atomic mass is 9.41. The Morgan fingerprint density at radius 1 is 0.711 bits per heavy atom. The van der Waals surface area contributed by atoms with Crippen molar-refractivity contribution in [2.24, 2.45) is 45.3 Å². The van der Waals surface area contributed by atoms with E-state index in [1.165, 1.54) is 21.0 Å². The van der Waals surface area contributed by atoms with Crippen LogP contribution in [0.2, 0.25) is 0 Å². The number of esters is 2. The quantitative estimate of drug-likeness (QED) is 0.0315. The van der Waals surface area contributed by atoms with Gasteiger partial charge in [0.25, 0.3) is 0 Å². The molecule has 0 aromatic carbocycles. The number of aliphatic hydroxyl groups is 10. The van der Waals surface area contributed by atoms with Crippen LogP contribution in [0.3, 0.4) is 0 Å². The van der Waals surface area contributed by atoms with E-state index in [9.17, 15) is 73.6 Å². The molecular formula is C60H95O29S-. The molecule has 0 bridgehead atoms. The van der Waals surface area contributed by atoms with Crippen LogP contribution in [0, 0.1) is 45.3 Å². The molecule has 10 rings (SSSR count). The number of cyclic esters (lactones) is 1. The van der Waals surface area contributed by atoms with Gasteiger partial charge in [0.1, 0.15) is 109 Å². The number of ether oxygens (including phenoxy) is 13. The van der Waals surface area contributed by atoms with Gasteiger partial charge in [0.15, 0.2) is 31.5 Å². The number of methoxy groups -OCH3 is 1. The summed E-state index contributed by atoms with van der Waals surface area (Å²) in [5.74, 6) is -0.646. The van der Waals surface area contributed by atoms with Gasteiger partial charge in [0, 0.05) is 19.4 Å². The van der Waals surface area contributed by atoms with Gasteiger partial charge in [-0.15, -0.1) is 0 Å². The van der Waals surface area contributed by atoms with Crippen molar-refractivity contribution in [2.75, 3.05) is 33.5 Å². The molecule has 516 valence electrons. The van der Waals surface area contributed by atoms with Gasteiger partial charge in [0.2, 0.25) is 10.4 Å². The van der Waals surface area contributed by atoms with E-state index in [1.54, 1.807) is 0 Å². The predicted molar refractivity (Wildman–Crippen MR) is 301 cm³/mol. The Morgan fingerprint density at radius 2 is 1.33 bits per heavy atom. The molecule has 30 heteroatoms. The molecule has 0 aromatic rings. The molecule has 6 aliphatic heterocycles. The van der Waals surface area contributed by atoms with Crippen molar-refractivity contribution < 1.29 is 139 Å². The normalized spacial score (nSPS) is 50.3. The molecule has 0 radical (unpaired) electrons.